The van der Waals surface area contributed by atoms with Gasteiger partial charge in [-0.3, -0.25) is 0 Å². The van der Waals surface area contributed by atoms with Crippen LogP contribution in [0.1, 0.15) is 31.4 Å². The molecule has 1 aliphatic rings. The van der Waals surface area contributed by atoms with E-state index in [-0.39, 0.29) is 19.0 Å². The molecule has 0 aromatic heterocycles. The molecule has 1 saturated heterocycles. The fraction of sp³-hybridized carbons (Fsp3) is 0.571. The summed E-state index contributed by atoms with van der Waals surface area (Å²) in [7, 11) is 0. The van der Waals surface area contributed by atoms with Crippen molar-refractivity contribution in [1.29, 1.82) is 0 Å². The SMILES string of the molecule is C[C@H](N)c1ccc(N2CCCC(C(F)(F)F)C2)c(Br)c1. The normalized spacial score (nSPS) is 21.9. The topological polar surface area (TPSA) is 29.3 Å². The summed E-state index contributed by atoms with van der Waals surface area (Å²) in [6, 6.07) is 5.52. The minimum atomic E-state index is -4.11. The molecule has 0 spiro atoms. The molecule has 2 nitrogen and oxygen atoms in total. The van der Waals surface area contributed by atoms with Crippen molar-refractivity contribution in [3.8, 4) is 0 Å². The van der Waals surface area contributed by atoms with Crippen LogP contribution in [0.25, 0.3) is 0 Å². The fourth-order valence-corrected chi connectivity index (χ4v) is 3.17. The molecular weight excluding hydrogens is 333 g/mol. The van der Waals surface area contributed by atoms with Crippen molar-refractivity contribution in [1.82, 2.24) is 0 Å². The summed E-state index contributed by atoms with van der Waals surface area (Å²) in [5, 5.41) is 0. The quantitative estimate of drug-likeness (QED) is 0.863. The Morgan fingerprint density at radius 1 is 1.40 bits per heavy atom. The molecule has 0 saturated carbocycles. The van der Waals surface area contributed by atoms with Crippen molar-refractivity contribution in [2.75, 3.05) is 18.0 Å². The van der Waals surface area contributed by atoms with Crippen LogP contribution < -0.4 is 10.6 Å². The maximum absolute atomic E-state index is 12.8. The molecule has 2 atom stereocenters. The number of nitrogens with zero attached hydrogens (tertiary/aromatic N) is 1. The van der Waals surface area contributed by atoms with Crippen LogP contribution in [-0.4, -0.2) is 19.3 Å². The van der Waals surface area contributed by atoms with Gasteiger partial charge >= 0.3 is 6.18 Å². The summed E-state index contributed by atoms with van der Waals surface area (Å²) in [6.45, 7) is 2.56. The highest BCUT2D eigenvalue weighted by molar-refractivity contribution is 9.10. The van der Waals surface area contributed by atoms with E-state index >= 15 is 0 Å². The smallest absolute Gasteiger partial charge is 0.370 e. The van der Waals surface area contributed by atoms with Gasteiger partial charge in [-0.1, -0.05) is 6.07 Å². The first-order valence-electron chi connectivity index (χ1n) is 6.65. The average molecular weight is 351 g/mol. The van der Waals surface area contributed by atoms with Gasteiger partial charge in [0.25, 0.3) is 0 Å². The van der Waals surface area contributed by atoms with Crippen LogP contribution in [0.15, 0.2) is 22.7 Å². The number of benzene rings is 1. The van der Waals surface area contributed by atoms with Crippen molar-refractivity contribution >= 4 is 21.6 Å². The fourth-order valence-electron chi connectivity index (χ4n) is 2.53. The molecule has 2 N–H and O–H groups in total. The Labute approximate surface area is 125 Å². The van der Waals surface area contributed by atoms with E-state index in [9.17, 15) is 13.2 Å². The number of hydrogen-bond acceptors (Lipinski definition) is 2. The second-order valence-corrected chi connectivity index (χ2v) is 6.18. The Morgan fingerprint density at radius 2 is 2.10 bits per heavy atom. The van der Waals surface area contributed by atoms with Crippen LogP contribution in [0.5, 0.6) is 0 Å². The molecule has 0 amide bonds. The summed E-state index contributed by atoms with van der Waals surface area (Å²) < 4.78 is 39.3. The largest absolute Gasteiger partial charge is 0.393 e. The van der Waals surface area contributed by atoms with E-state index in [0.29, 0.717) is 13.0 Å². The molecular formula is C14H18BrF3N2. The molecule has 1 aliphatic heterocycles. The highest BCUT2D eigenvalue weighted by Gasteiger charge is 2.42. The lowest BCUT2D eigenvalue weighted by molar-refractivity contribution is -0.175. The number of hydrogen-bond donors (Lipinski definition) is 1. The minimum Gasteiger partial charge on any atom is -0.370 e. The molecule has 0 aliphatic carbocycles. The predicted molar refractivity (Wildman–Crippen MR) is 77.7 cm³/mol. The van der Waals surface area contributed by atoms with Crippen molar-refractivity contribution < 1.29 is 13.2 Å². The summed E-state index contributed by atoms with van der Waals surface area (Å²) in [5.41, 5.74) is 7.58. The van der Waals surface area contributed by atoms with Gasteiger partial charge in [0.2, 0.25) is 0 Å². The third kappa shape index (κ3) is 3.47. The van der Waals surface area contributed by atoms with Crippen LogP contribution in [0.3, 0.4) is 0 Å². The molecule has 20 heavy (non-hydrogen) atoms. The van der Waals surface area contributed by atoms with Crippen LogP contribution in [0.4, 0.5) is 18.9 Å². The Bertz CT molecular complexity index is 474. The third-order valence-corrected chi connectivity index (χ3v) is 4.36. The molecule has 1 fully saturated rings. The van der Waals surface area contributed by atoms with E-state index in [0.717, 1.165) is 15.7 Å². The molecule has 1 heterocycles. The lowest BCUT2D eigenvalue weighted by Gasteiger charge is -2.36. The van der Waals surface area contributed by atoms with E-state index < -0.39 is 12.1 Å². The minimum absolute atomic E-state index is 0.0274. The van der Waals surface area contributed by atoms with Gasteiger partial charge < -0.3 is 10.6 Å². The molecule has 2 rings (SSSR count). The Hall–Kier alpha value is -0.750. The van der Waals surface area contributed by atoms with Crippen LogP contribution in [-0.2, 0) is 0 Å². The number of piperidine rings is 1. The molecule has 1 aromatic carbocycles. The van der Waals surface area contributed by atoms with Crippen molar-refractivity contribution in [3.63, 3.8) is 0 Å². The first-order chi connectivity index (χ1) is 9.29. The van der Waals surface area contributed by atoms with E-state index in [1.54, 1.807) is 4.90 Å². The van der Waals surface area contributed by atoms with Crippen LogP contribution >= 0.6 is 15.9 Å². The van der Waals surface area contributed by atoms with Gasteiger partial charge in [-0.05, 0) is 53.4 Å². The van der Waals surface area contributed by atoms with Gasteiger partial charge in [-0.25, -0.2) is 0 Å². The second kappa shape index (κ2) is 5.93. The van der Waals surface area contributed by atoms with Gasteiger partial charge in [-0.2, -0.15) is 13.2 Å². The third-order valence-electron chi connectivity index (χ3n) is 3.72. The highest BCUT2D eigenvalue weighted by atomic mass is 79.9. The highest BCUT2D eigenvalue weighted by Crippen LogP contribution is 2.37. The lowest BCUT2D eigenvalue weighted by Crippen LogP contribution is -2.41. The summed E-state index contributed by atoms with van der Waals surface area (Å²) in [5.74, 6) is -1.24. The van der Waals surface area contributed by atoms with Crippen LogP contribution in [0, 0.1) is 5.92 Å². The number of rotatable bonds is 2. The number of nitrogens with two attached hydrogens (primary N) is 1. The Kier molecular flexibility index (Phi) is 4.64. The zero-order valence-corrected chi connectivity index (χ0v) is 12.8. The van der Waals surface area contributed by atoms with Crippen molar-refractivity contribution in [2.24, 2.45) is 11.7 Å². The standard InChI is InChI=1S/C14H18BrF3N2/c1-9(19)10-4-5-13(12(15)7-10)20-6-2-3-11(8-20)14(16,17)18/h4-5,7,9,11H,2-3,6,8,19H2,1H3/t9-,11?/m0/s1. The van der Waals surface area contributed by atoms with E-state index in [1.165, 1.54) is 0 Å². The summed E-state index contributed by atoms with van der Waals surface area (Å²) in [4.78, 5) is 1.80. The molecule has 1 aromatic rings. The van der Waals surface area contributed by atoms with Gasteiger partial charge in [0, 0.05) is 23.6 Å². The Balaban J connectivity index is 2.19. The van der Waals surface area contributed by atoms with E-state index in [2.05, 4.69) is 15.9 Å². The maximum atomic E-state index is 12.8. The Morgan fingerprint density at radius 3 is 2.65 bits per heavy atom. The molecule has 1 unspecified atom stereocenters. The van der Waals surface area contributed by atoms with Gasteiger partial charge in [-0.15, -0.1) is 0 Å². The average Bonchev–Trinajstić information content (AvgIpc) is 2.37. The second-order valence-electron chi connectivity index (χ2n) is 5.33. The number of alkyl halides is 3. The molecule has 0 bridgehead atoms. The number of halogens is 4. The lowest BCUT2D eigenvalue weighted by atomic mass is 9.97. The molecule has 112 valence electrons. The van der Waals surface area contributed by atoms with Gasteiger partial charge in [0.1, 0.15) is 0 Å². The van der Waals surface area contributed by atoms with Gasteiger partial charge in [0.05, 0.1) is 11.6 Å². The van der Waals surface area contributed by atoms with Gasteiger partial charge in [0.15, 0.2) is 0 Å². The summed E-state index contributed by atoms with van der Waals surface area (Å²) >= 11 is 3.44. The van der Waals surface area contributed by atoms with E-state index in [4.69, 9.17) is 5.73 Å². The van der Waals surface area contributed by atoms with Crippen molar-refractivity contribution in [2.45, 2.75) is 32.0 Å². The first kappa shape index (κ1) is 15.6. The number of anilines is 1. The van der Waals surface area contributed by atoms with E-state index in [1.807, 2.05) is 25.1 Å². The molecule has 6 heteroatoms. The molecule has 0 radical (unpaired) electrons. The monoisotopic (exact) mass is 350 g/mol. The predicted octanol–water partition coefficient (Wildman–Crippen LogP) is 4.25. The maximum Gasteiger partial charge on any atom is 0.393 e. The van der Waals surface area contributed by atoms with Crippen LogP contribution in [0.2, 0.25) is 0 Å². The zero-order valence-electron chi connectivity index (χ0n) is 11.3. The van der Waals surface area contributed by atoms with Crippen molar-refractivity contribution in [3.05, 3.63) is 28.2 Å². The zero-order chi connectivity index (χ0) is 14.9. The first-order valence-corrected chi connectivity index (χ1v) is 7.45. The summed E-state index contributed by atoms with van der Waals surface area (Å²) in [6.07, 6.45) is -3.34.